The molecule has 2 amide bonds. The molecule has 6 nitrogen and oxygen atoms in total. The first kappa shape index (κ1) is 23.7. The van der Waals surface area contributed by atoms with Crippen LogP contribution in [0.15, 0.2) is 46.9 Å². The van der Waals surface area contributed by atoms with Crippen molar-refractivity contribution in [2.24, 2.45) is 0 Å². The molecule has 0 aliphatic rings. The normalized spacial score (nSPS) is 11.7. The number of ether oxygens (including phenoxy) is 2. The van der Waals surface area contributed by atoms with Crippen LogP contribution in [-0.4, -0.2) is 42.5 Å². The van der Waals surface area contributed by atoms with E-state index in [0.717, 1.165) is 15.6 Å². The van der Waals surface area contributed by atoms with E-state index in [1.54, 1.807) is 20.1 Å². The Balaban J connectivity index is 2.18. The first-order valence-corrected chi connectivity index (χ1v) is 10.6. The van der Waals surface area contributed by atoms with Gasteiger partial charge >= 0.3 is 0 Å². The second kappa shape index (κ2) is 11.0. The van der Waals surface area contributed by atoms with Crippen molar-refractivity contribution >= 4 is 27.7 Å². The highest BCUT2D eigenvalue weighted by Crippen LogP contribution is 2.22. The third kappa shape index (κ3) is 6.76. The molecule has 2 aromatic carbocycles. The molecule has 2 rings (SSSR count). The number of rotatable bonds is 9. The lowest BCUT2D eigenvalue weighted by Crippen LogP contribution is -2.50. The van der Waals surface area contributed by atoms with Gasteiger partial charge in [-0.1, -0.05) is 28.1 Å². The Labute approximate surface area is 186 Å². The van der Waals surface area contributed by atoms with Gasteiger partial charge in [0.1, 0.15) is 17.5 Å². The summed E-state index contributed by atoms with van der Waals surface area (Å²) in [5.41, 5.74) is 1.88. The van der Waals surface area contributed by atoms with Crippen molar-refractivity contribution in [3.05, 3.63) is 58.1 Å². The molecular formula is C23H29BrN2O4. The van der Waals surface area contributed by atoms with Crippen molar-refractivity contribution in [2.45, 2.75) is 46.3 Å². The fourth-order valence-electron chi connectivity index (χ4n) is 2.89. The Kier molecular flexibility index (Phi) is 8.72. The Hall–Kier alpha value is -2.54. The van der Waals surface area contributed by atoms with Gasteiger partial charge in [-0.2, -0.15) is 0 Å². The summed E-state index contributed by atoms with van der Waals surface area (Å²) in [6, 6.07) is 12.3. The molecule has 7 heteroatoms. The molecule has 1 atom stereocenters. The Bertz CT molecular complexity index is 885. The van der Waals surface area contributed by atoms with E-state index in [9.17, 15) is 9.59 Å². The number of benzene rings is 2. The molecule has 30 heavy (non-hydrogen) atoms. The Morgan fingerprint density at radius 2 is 1.83 bits per heavy atom. The smallest absolute Gasteiger partial charge is 0.261 e. The topological polar surface area (TPSA) is 67.9 Å². The summed E-state index contributed by atoms with van der Waals surface area (Å²) in [4.78, 5) is 27.2. The standard InChI is InChI=1S/C23H29BrN2O4/c1-15(2)25-23(28)17(4)26(13-18-7-6-8-19(12-18)29-5)22(27)14-30-20-9-10-21(24)16(3)11-20/h6-12,15,17H,13-14H2,1-5H3,(H,25,28). The minimum Gasteiger partial charge on any atom is -0.497 e. The van der Waals surface area contributed by atoms with E-state index < -0.39 is 6.04 Å². The van der Waals surface area contributed by atoms with E-state index in [-0.39, 0.29) is 31.0 Å². The molecule has 0 aliphatic carbocycles. The van der Waals surface area contributed by atoms with Crippen LogP contribution in [0.3, 0.4) is 0 Å². The summed E-state index contributed by atoms with van der Waals surface area (Å²) >= 11 is 3.45. The predicted molar refractivity (Wildman–Crippen MR) is 121 cm³/mol. The summed E-state index contributed by atoms with van der Waals surface area (Å²) in [7, 11) is 1.59. The van der Waals surface area contributed by atoms with Crippen molar-refractivity contribution in [3.8, 4) is 11.5 Å². The second-order valence-corrected chi connectivity index (χ2v) is 8.27. The fraction of sp³-hybridized carbons (Fsp3) is 0.391. The number of nitrogens with one attached hydrogen (secondary N) is 1. The van der Waals surface area contributed by atoms with Crippen molar-refractivity contribution < 1.29 is 19.1 Å². The van der Waals surface area contributed by atoms with E-state index in [4.69, 9.17) is 9.47 Å². The van der Waals surface area contributed by atoms with Gasteiger partial charge in [0, 0.05) is 17.1 Å². The van der Waals surface area contributed by atoms with Crippen LogP contribution in [0.5, 0.6) is 11.5 Å². The molecule has 1 N–H and O–H groups in total. The number of carbonyl (C=O) groups is 2. The molecule has 0 heterocycles. The summed E-state index contributed by atoms with van der Waals surface area (Å²) in [5.74, 6) is 0.816. The van der Waals surface area contributed by atoms with Gasteiger partial charge in [-0.25, -0.2) is 0 Å². The molecule has 0 aliphatic heterocycles. The molecule has 0 fully saturated rings. The van der Waals surface area contributed by atoms with Gasteiger partial charge in [0.2, 0.25) is 5.91 Å². The fourth-order valence-corrected chi connectivity index (χ4v) is 3.14. The number of amides is 2. The molecule has 0 spiro atoms. The number of hydrogen-bond acceptors (Lipinski definition) is 4. The SMILES string of the molecule is COc1cccc(CN(C(=O)COc2ccc(Br)c(C)c2)C(C)C(=O)NC(C)C)c1. The van der Waals surface area contributed by atoms with Crippen LogP contribution >= 0.6 is 15.9 Å². The summed E-state index contributed by atoms with van der Waals surface area (Å²) in [6.45, 7) is 7.55. The maximum atomic E-state index is 13.0. The van der Waals surface area contributed by atoms with Gasteiger partial charge in [-0.3, -0.25) is 9.59 Å². The van der Waals surface area contributed by atoms with Gasteiger partial charge in [0.05, 0.1) is 7.11 Å². The van der Waals surface area contributed by atoms with Crippen molar-refractivity contribution in [3.63, 3.8) is 0 Å². The van der Waals surface area contributed by atoms with Crippen LogP contribution in [0.1, 0.15) is 31.9 Å². The van der Waals surface area contributed by atoms with Crippen LogP contribution in [0, 0.1) is 6.92 Å². The number of nitrogens with zero attached hydrogens (tertiary/aromatic N) is 1. The van der Waals surface area contributed by atoms with E-state index in [2.05, 4.69) is 21.2 Å². The minimum atomic E-state index is -0.652. The highest BCUT2D eigenvalue weighted by Gasteiger charge is 2.27. The molecule has 0 radical (unpaired) electrons. The number of aryl methyl sites for hydroxylation is 1. The lowest BCUT2D eigenvalue weighted by Gasteiger charge is -2.29. The number of carbonyl (C=O) groups excluding carboxylic acids is 2. The van der Waals surface area contributed by atoms with Gasteiger partial charge < -0.3 is 19.7 Å². The van der Waals surface area contributed by atoms with Crippen LogP contribution in [0.4, 0.5) is 0 Å². The largest absolute Gasteiger partial charge is 0.497 e. The maximum Gasteiger partial charge on any atom is 0.261 e. The van der Waals surface area contributed by atoms with E-state index in [1.807, 2.05) is 57.2 Å². The third-order valence-corrected chi connectivity index (χ3v) is 5.47. The zero-order valence-electron chi connectivity index (χ0n) is 18.1. The summed E-state index contributed by atoms with van der Waals surface area (Å²) < 4.78 is 12.0. The lowest BCUT2D eigenvalue weighted by molar-refractivity contribution is -0.142. The van der Waals surface area contributed by atoms with Gasteiger partial charge in [0.25, 0.3) is 5.91 Å². The maximum absolute atomic E-state index is 13.0. The number of methoxy groups -OCH3 is 1. The third-order valence-electron chi connectivity index (χ3n) is 4.58. The minimum absolute atomic E-state index is 0.0179. The zero-order valence-corrected chi connectivity index (χ0v) is 19.7. The number of halogens is 1. The predicted octanol–water partition coefficient (Wildman–Crippen LogP) is 4.09. The van der Waals surface area contributed by atoms with E-state index >= 15 is 0 Å². The second-order valence-electron chi connectivity index (χ2n) is 7.41. The molecule has 0 bridgehead atoms. The van der Waals surface area contributed by atoms with Gasteiger partial charge in [-0.05, 0) is 69.2 Å². The molecule has 2 aromatic rings. The average Bonchev–Trinajstić information content (AvgIpc) is 2.71. The van der Waals surface area contributed by atoms with Crippen LogP contribution in [-0.2, 0) is 16.1 Å². The molecule has 0 saturated heterocycles. The lowest BCUT2D eigenvalue weighted by atomic mass is 10.1. The van der Waals surface area contributed by atoms with E-state index in [1.165, 1.54) is 4.90 Å². The van der Waals surface area contributed by atoms with E-state index in [0.29, 0.717) is 11.5 Å². The quantitative estimate of drug-likeness (QED) is 0.591. The van der Waals surface area contributed by atoms with Crippen molar-refractivity contribution in [1.82, 2.24) is 10.2 Å². The molecule has 162 valence electrons. The van der Waals surface area contributed by atoms with Crippen LogP contribution < -0.4 is 14.8 Å². The first-order valence-electron chi connectivity index (χ1n) is 9.83. The zero-order chi connectivity index (χ0) is 22.3. The monoisotopic (exact) mass is 476 g/mol. The average molecular weight is 477 g/mol. The highest BCUT2D eigenvalue weighted by atomic mass is 79.9. The van der Waals surface area contributed by atoms with Crippen molar-refractivity contribution in [1.29, 1.82) is 0 Å². The van der Waals surface area contributed by atoms with Crippen LogP contribution in [0.2, 0.25) is 0 Å². The Morgan fingerprint density at radius 1 is 1.10 bits per heavy atom. The van der Waals surface area contributed by atoms with Gasteiger partial charge in [0.15, 0.2) is 6.61 Å². The first-order chi connectivity index (χ1) is 14.2. The molecule has 0 aromatic heterocycles. The Morgan fingerprint density at radius 3 is 2.47 bits per heavy atom. The molecular weight excluding hydrogens is 448 g/mol. The molecule has 1 unspecified atom stereocenters. The summed E-state index contributed by atoms with van der Waals surface area (Å²) in [5, 5.41) is 2.87. The van der Waals surface area contributed by atoms with Crippen molar-refractivity contribution in [2.75, 3.05) is 13.7 Å². The summed E-state index contributed by atoms with van der Waals surface area (Å²) in [6.07, 6.45) is 0. The van der Waals surface area contributed by atoms with Crippen LogP contribution in [0.25, 0.3) is 0 Å². The van der Waals surface area contributed by atoms with Gasteiger partial charge in [-0.15, -0.1) is 0 Å². The number of hydrogen-bond donors (Lipinski definition) is 1. The molecule has 0 saturated carbocycles. The highest BCUT2D eigenvalue weighted by molar-refractivity contribution is 9.10.